The Morgan fingerprint density at radius 3 is 2.26 bits per heavy atom. The lowest BCUT2D eigenvalue weighted by atomic mass is 9.90. The maximum atomic E-state index is 10.6. The van der Waals surface area contributed by atoms with Gasteiger partial charge in [-0.15, -0.1) is 0 Å². The summed E-state index contributed by atoms with van der Waals surface area (Å²) in [5.41, 5.74) is 8.58. The van der Waals surface area contributed by atoms with Crippen molar-refractivity contribution in [2.24, 2.45) is 5.73 Å². The van der Waals surface area contributed by atoms with E-state index in [0.29, 0.717) is 11.8 Å². The Morgan fingerprint density at radius 2 is 1.74 bits per heavy atom. The Labute approximate surface area is 179 Å². The number of halogens is 3. The first-order valence-electron chi connectivity index (χ1n) is 10.9. The molecule has 0 bridgehead atoms. The number of nitrogens with zero attached hydrogens (tertiary/aromatic N) is 2. The number of H-pyrrole nitrogens is 1. The first kappa shape index (κ1) is 24.0. The molecule has 3 heterocycles. The molecule has 3 aliphatic rings. The summed E-state index contributed by atoms with van der Waals surface area (Å²) in [4.78, 5) is 11.4. The first-order chi connectivity index (χ1) is 14.6. The number of carboxylic acid groups (broad SMARTS) is 1. The largest absolute Gasteiger partial charge is 0.490 e. The third-order valence-corrected chi connectivity index (χ3v) is 6.59. The molecular weight excluding hydrogens is 415 g/mol. The van der Waals surface area contributed by atoms with Gasteiger partial charge in [-0.05, 0) is 70.8 Å². The van der Waals surface area contributed by atoms with Gasteiger partial charge >= 0.3 is 12.1 Å². The molecule has 0 aromatic carbocycles. The second-order valence-corrected chi connectivity index (χ2v) is 8.75. The van der Waals surface area contributed by atoms with Crippen LogP contribution in [0, 0.1) is 0 Å². The second-order valence-electron chi connectivity index (χ2n) is 8.75. The predicted molar refractivity (Wildman–Crippen MR) is 108 cm³/mol. The van der Waals surface area contributed by atoms with Crippen molar-refractivity contribution in [1.29, 1.82) is 0 Å². The number of hydrogen-bond acceptors (Lipinski definition) is 6. The summed E-state index contributed by atoms with van der Waals surface area (Å²) in [6.45, 7) is 4.33. The Bertz CT molecular complexity index is 715. The highest BCUT2D eigenvalue weighted by Crippen LogP contribution is 2.33. The number of nitrogens with one attached hydrogen (secondary N) is 2. The zero-order valence-electron chi connectivity index (χ0n) is 17.4. The lowest BCUT2D eigenvalue weighted by molar-refractivity contribution is -0.192. The maximum absolute atomic E-state index is 10.6. The smallest absolute Gasteiger partial charge is 0.475 e. The summed E-state index contributed by atoms with van der Waals surface area (Å²) in [6, 6.07) is 2.76. The summed E-state index contributed by atoms with van der Waals surface area (Å²) >= 11 is 0. The molecule has 11 heteroatoms. The molecule has 0 unspecified atom stereocenters. The second kappa shape index (κ2) is 10.3. The molecule has 31 heavy (non-hydrogen) atoms. The molecule has 4 rings (SSSR count). The quantitative estimate of drug-likeness (QED) is 0.476. The van der Waals surface area contributed by atoms with Crippen molar-refractivity contribution in [3.05, 3.63) is 17.5 Å². The third-order valence-electron chi connectivity index (χ3n) is 6.59. The van der Waals surface area contributed by atoms with Gasteiger partial charge in [0.2, 0.25) is 0 Å². The summed E-state index contributed by atoms with van der Waals surface area (Å²) < 4.78 is 31.7. The van der Waals surface area contributed by atoms with E-state index in [2.05, 4.69) is 26.5 Å². The third kappa shape index (κ3) is 6.41. The molecule has 8 nitrogen and oxygen atoms in total. The number of likely N-dealkylation sites (tertiary alicyclic amines) is 1. The predicted octanol–water partition coefficient (Wildman–Crippen LogP) is 1.54. The van der Waals surface area contributed by atoms with Crippen LogP contribution < -0.4 is 11.1 Å². The molecule has 1 saturated carbocycles. The lowest BCUT2D eigenvalue weighted by Crippen LogP contribution is -2.44. The van der Waals surface area contributed by atoms with Crippen LogP contribution in [0.5, 0.6) is 0 Å². The fourth-order valence-electron chi connectivity index (χ4n) is 4.85. The molecule has 176 valence electrons. The Hall–Kier alpha value is -1.69. The van der Waals surface area contributed by atoms with Gasteiger partial charge in [-0.2, -0.15) is 18.3 Å². The average molecular weight is 448 g/mol. The van der Waals surface area contributed by atoms with Crippen molar-refractivity contribution in [1.82, 2.24) is 20.4 Å². The number of aliphatic hydroxyl groups is 1. The highest BCUT2D eigenvalue weighted by Gasteiger charge is 2.38. The highest BCUT2D eigenvalue weighted by atomic mass is 19.4. The van der Waals surface area contributed by atoms with Crippen LogP contribution in [0.2, 0.25) is 0 Å². The minimum Gasteiger partial charge on any atom is -0.475 e. The van der Waals surface area contributed by atoms with Gasteiger partial charge in [0.1, 0.15) is 0 Å². The van der Waals surface area contributed by atoms with Gasteiger partial charge in [0.05, 0.1) is 11.8 Å². The van der Waals surface area contributed by atoms with E-state index in [9.17, 15) is 18.3 Å². The van der Waals surface area contributed by atoms with Gasteiger partial charge < -0.3 is 21.3 Å². The molecule has 1 aromatic heterocycles. The zero-order valence-corrected chi connectivity index (χ0v) is 17.4. The van der Waals surface area contributed by atoms with E-state index in [1.54, 1.807) is 0 Å². The maximum Gasteiger partial charge on any atom is 0.490 e. The van der Waals surface area contributed by atoms with Crippen molar-refractivity contribution in [2.75, 3.05) is 26.2 Å². The van der Waals surface area contributed by atoms with E-state index in [0.717, 1.165) is 51.9 Å². The molecule has 3 fully saturated rings. The topological polar surface area (TPSA) is 127 Å². The van der Waals surface area contributed by atoms with Crippen LogP contribution in [0.15, 0.2) is 6.07 Å². The van der Waals surface area contributed by atoms with Gasteiger partial charge in [-0.1, -0.05) is 0 Å². The van der Waals surface area contributed by atoms with Crippen LogP contribution in [0.3, 0.4) is 0 Å². The number of piperidine rings is 2. The Balaban J connectivity index is 0.000000339. The van der Waals surface area contributed by atoms with Gasteiger partial charge in [-0.25, -0.2) is 4.79 Å². The summed E-state index contributed by atoms with van der Waals surface area (Å²) in [5, 5.41) is 28.7. The molecule has 1 aliphatic carbocycles. The molecule has 1 aromatic rings. The molecule has 2 saturated heterocycles. The van der Waals surface area contributed by atoms with E-state index >= 15 is 0 Å². The van der Waals surface area contributed by atoms with Crippen molar-refractivity contribution < 1.29 is 28.2 Å². The first-order valence-corrected chi connectivity index (χ1v) is 10.9. The van der Waals surface area contributed by atoms with Crippen LogP contribution in [0.4, 0.5) is 13.2 Å². The van der Waals surface area contributed by atoms with Crippen molar-refractivity contribution in [3.63, 3.8) is 0 Å². The van der Waals surface area contributed by atoms with E-state index in [1.165, 1.54) is 24.2 Å². The fraction of sp³-hybridized carbons (Fsp3) is 0.800. The number of aliphatic hydroxyl groups excluding tert-OH is 1. The number of hydrogen-bond donors (Lipinski definition) is 5. The fourth-order valence-corrected chi connectivity index (χ4v) is 4.85. The minimum absolute atomic E-state index is 0.169. The van der Waals surface area contributed by atoms with Crippen molar-refractivity contribution in [3.8, 4) is 0 Å². The van der Waals surface area contributed by atoms with Gasteiger partial charge in [0, 0.05) is 29.6 Å². The number of rotatable bonds is 3. The Kier molecular flexibility index (Phi) is 7.95. The zero-order chi connectivity index (χ0) is 22.6. The number of aliphatic carboxylic acids is 1. The number of carbonyl (C=O) groups is 1. The number of alkyl halides is 3. The SMILES string of the molecule is N[C@@H]1C[C@H](O)[C@@H](N2CCC(c3cc(C4CCNCC4)n[nH]3)CC2)C1.O=C(O)C(F)(F)F. The summed E-state index contributed by atoms with van der Waals surface area (Å²) in [5.74, 6) is -1.56. The summed E-state index contributed by atoms with van der Waals surface area (Å²) in [7, 11) is 0. The molecule has 2 aliphatic heterocycles. The van der Waals surface area contributed by atoms with E-state index < -0.39 is 12.1 Å². The molecule has 0 radical (unpaired) electrons. The molecular formula is C20H32F3N5O3. The van der Waals surface area contributed by atoms with E-state index in [1.807, 2.05) is 0 Å². The highest BCUT2D eigenvalue weighted by molar-refractivity contribution is 5.73. The monoisotopic (exact) mass is 447 g/mol. The van der Waals surface area contributed by atoms with Crippen molar-refractivity contribution >= 4 is 5.97 Å². The molecule has 0 spiro atoms. The van der Waals surface area contributed by atoms with Crippen LogP contribution in [-0.2, 0) is 4.79 Å². The van der Waals surface area contributed by atoms with Crippen LogP contribution >= 0.6 is 0 Å². The van der Waals surface area contributed by atoms with Crippen molar-refractivity contribution in [2.45, 2.75) is 74.7 Å². The standard InChI is InChI=1S/C18H31N5O.C2HF3O2/c19-14-9-17(18(24)10-14)23-7-3-13(4-8-23)16-11-15(21-22-16)12-1-5-20-6-2-12;3-2(4,5)1(6)7/h11-14,17-18,20,24H,1-10,19H2,(H,21,22);(H,6,7)/t14-,17-,18-;/m0./s1. The average Bonchev–Trinajstić information content (AvgIpc) is 3.35. The summed E-state index contributed by atoms with van der Waals surface area (Å²) in [6.07, 6.45) is 1.06. The van der Waals surface area contributed by atoms with E-state index in [4.69, 9.17) is 15.6 Å². The molecule has 6 N–H and O–H groups in total. The van der Waals surface area contributed by atoms with Crippen LogP contribution in [0.25, 0.3) is 0 Å². The van der Waals surface area contributed by atoms with Gasteiger partial charge in [0.15, 0.2) is 0 Å². The molecule has 0 amide bonds. The lowest BCUT2D eigenvalue weighted by Gasteiger charge is -2.37. The Morgan fingerprint density at radius 1 is 1.13 bits per heavy atom. The number of carboxylic acids is 1. The number of aromatic nitrogens is 2. The van der Waals surface area contributed by atoms with Crippen LogP contribution in [-0.4, -0.2) is 81.8 Å². The van der Waals surface area contributed by atoms with E-state index in [-0.39, 0.29) is 18.2 Å². The normalized spacial score (nSPS) is 28.9. The number of nitrogens with two attached hydrogens (primary N) is 1. The number of aromatic amines is 1. The minimum atomic E-state index is -5.08. The molecule has 3 atom stereocenters. The van der Waals surface area contributed by atoms with Crippen LogP contribution in [0.1, 0.15) is 61.7 Å². The van der Waals surface area contributed by atoms with Gasteiger partial charge in [0.25, 0.3) is 0 Å². The van der Waals surface area contributed by atoms with Gasteiger partial charge in [-0.3, -0.25) is 10.00 Å².